The second kappa shape index (κ2) is 7.70. The Morgan fingerprint density at radius 1 is 1.10 bits per heavy atom. The van der Waals surface area contributed by atoms with Gasteiger partial charge in [0.1, 0.15) is 11.3 Å². The first kappa shape index (κ1) is 21.7. The van der Waals surface area contributed by atoms with Crippen LogP contribution < -0.4 is 10.9 Å². The summed E-state index contributed by atoms with van der Waals surface area (Å²) in [6.07, 6.45) is 1.99. The monoisotopic (exact) mass is 411 g/mol. The number of hydrogen-bond acceptors (Lipinski definition) is 5. The van der Waals surface area contributed by atoms with Crippen molar-refractivity contribution in [3.63, 3.8) is 0 Å². The zero-order chi connectivity index (χ0) is 22.3. The molecule has 1 fully saturated rings. The third kappa shape index (κ3) is 5.14. The third-order valence-electron chi connectivity index (χ3n) is 4.58. The van der Waals surface area contributed by atoms with Crippen molar-refractivity contribution in [3.8, 4) is 5.69 Å². The molecule has 0 aliphatic heterocycles. The Morgan fingerprint density at radius 2 is 1.77 bits per heavy atom. The predicted molar refractivity (Wildman–Crippen MR) is 115 cm³/mol. The van der Waals surface area contributed by atoms with Gasteiger partial charge in [-0.15, -0.1) is 0 Å². The minimum atomic E-state index is -0.642. The molecule has 160 valence electrons. The van der Waals surface area contributed by atoms with Crippen LogP contribution in [0, 0.1) is 5.41 Å². The number of carbonyl (C=O) groups is 2. The Labute approximate surface area is 176 Å². The zero-order valence-electron chi connectivity index (χ0n) is 18.4. The van der Waals surface area contributed by atoms with Crippen LogP contribution in [0.2, 0.25) is 0 Å². The fourth-order valence-electron chi connectivity index (χ4n) is 2.77. The highest BCUT2D eigenvalue weighted by atomic mass is 16.6. The molecule has 1 N–H and O–H groups in total. The summed E-state index contributed by atoms with van der Waals surface area (Å²) in [5, 5.41) is 7.26. The molecule has 0 unspecified atom stereocenters. The van der Waals surface area contributed by atoms with Crippen LogP contribution in [0.3, 0.4) is 0 Å². The highest BCUT2D eigenvalue weighted by Crippen LogP contribution is 2.39. The summed E-state index contributed by atoms with van der Waals surface area (Å²) >= 11 is 0. The lowest BCUT2D eigenvalue weighted by atomic mass is 9.95. The summed E-state index contributed by atoms with van der Waals surface area (Å²) in [5.41, 5.74) is -0.00489. The first-order valence-corrected chi connectivity index (χ1v) is 10.1. The lowest BCUT2D eigenvalue weighted by Gasteiger charge is -2.20. The summed E-state index contributed by atoms with van der Waals surface area (Å²) < 4.78 is 6.68. The molecule has 1 saturated carbocycles. The van der Waals surface area contributed by atoms with Crippen molar-refractivity contribution in [1.29, 1.82) is 0 Å². The lowest BCUT2D eigenvalue weighted by molar-refractivity contribution is -0.123. The standard InChI is InChI=1S/C23H29N3O4/c1-22(2,3)21(29)24-18-13-17(14-10-11-14)25-26(19(18)27)16-9-7-8-15(12-16)20(28)30-23(4,5)6/h7-9,12-14H,10-11H2,1-6H3,(H,24,29). The molecule has 1 aliphatic rings. The molecular formula is C23H29N3O4. The van der Waals surface area contributed by atoms with E-state index in [0.29, 0.717) is 11.3 Å². The molecule has 3 rings (SSSR count). The SMILES string of the molecule is CC(C)(C)OC(=O)c1cccc(-n2nc(C3CC3)cc(NC(=O)C(C)(C)C)c2=O)c1. The van der Waals surface area contributed by atoms with E-state index in [2.05, 4.69) is 10.4 Å². The number of carbonyl (C=O) groups excluding carboxylic acids is 2. The Kier molecular flexibility index (Phi) is 5.58. The van der Waals surface area contributed by atoms with Crippen molar-refractivity contribution in [2.24, 2.45) is 5.41 Å². The zero-order valence-corrected chi connectivity index (χ0v) is 18.4. The van der Waals surface area contributed by atoms with Crippen molar-refractivity contribution < 1.29 is 14.3 Å². The number of benzene rings is 1. The van der Waals surface area contributed by atoms with Crippen LogP contribution in [-0.2, 0) is 9.53 Å². The number of hydrogen-bond donors (Lipinski definition) is 1. The average molecular weight is 412 g/mol. The van der Waals surface area contributed by atoms with Gasteiger partial charge in [0.2, 0.25) is 5.91 Å². The van der Waals surface area contributed by atoms with E-state index in [1.54, 1.807) is 71.9 Å². The van der Waals surface area contributed by atoms with Gasteiger partial charge in [-0.05, 0) is 57.9 Å². The highest BCUT2D eigenvalue weighted by molar-refractivity contribution is 5.94. The molecule has 30 heavy (non-hydrogen) atoms. The second-order valence-electron chi connectivity index (χ2n) is 9.73. The van der Waals surface area contributed by atoms with Gasteiger partial charge in [-0.3, -0.25) is 9.59 Å². The van der Waals surface area contributed by atoms with Gasteiger partial charge in [0.05, 0.1) is 16.9 Å². The molecule has 7 heteroatoms. The molecule has 1 amide bonds. The largest absolute Gasteiger partial charge is 0.456 e. The average Bonchev–Trinajstić information content (AvgIpc) is 3.46. The van der Waals surface area contributed by atoms with Gasteiger partial charge in [0.25, 0.3) is 5.56 Å². The molecule has 0 bridgehead atoms. The van der Waals surface area contributed by atoms with Gasteiger partial charge in [0, 0.05) is 11.3 Å². The fourth-order valence-corrected chi connectivity index (χ4v) is 2.77. The smallest absolute Gasteiger partial charge is 0.338 e. The van der Waals surface area contributed by atoms with Gasteiger partial charge in [-0.25, -0.2) is 4.79 Å². The molecule has 1 heterocycles. The topological polar surface area (TPSA) is 90.3 Å². The Balaban J connectivity index is 2.03. The summed E-state index contributed by atoms with van der Waals surface area (Å²) in [4.78, 5) is 38.0. The fraction of sp³-hybridized carbons (Fsp3) is 0.478. The van der Waals surface area contributed by atoms with Crippen molar-refractivity contribution in [3.05, 3.63) is 51.9 Å². The highest BCUT2D eigenvalue weighted by Gasteiger charge is 2.29. The maximum Gasteiger partial charge on any atom is 0.338 e. The van der Waals surface area contributed by atoms with E-state index < -0.39 is 22.5 Å². The maximum atomic E-state index is 13.1. The van der Waals surface area contributed by atoms with Gasteiger partial charge < -0.3 is 10.1 Å². The van der Waals surface area contributed by atoms with Crippen LogP contribution in [0.5, 0.6) is 0 Å². The Morgan fingerprint density at radius 3 is 2.33 bits per heavy atom. The molecule has 0 atom stereocenters. The molecule has 7 nitrogen and oxygen atoms in total. The minimum Gasteiger partial charge on any atom is -0.456 e. The van der Waals surface area contributed by atoms with Crippen molar-refractivity contribution in [2.45, 2.75) is 65.9 Å². The predicted octanol–water partition coefficient (Wildman–Crippen LogP) is 4.05. The van der Waals surface area contributed by atoms with Crippen molar-refractivity contribution in [2.75, 3.05) is 5.32 Å². The van der Waals surface area contributed by atoms with Crippen LogP contribution >= 0.6 is 0 Å². The molecule has 2 aromatic rings. The van der Waals surface area contributed by atoms with Crippen LogP contribution in [0.25, 0.3) is 5.69 Å². The van der Waals surface area contributed by atoms with Crippen LogP contribution in [0.4, 0.5) is 5.69 Å². The van der Waals surface area contributed by atoms with E-state index in [4.69, 9.17) is 4.74 Å². The van der Waals surface area contributed by atoms with E-state index in [-0.39, 0.29) is 17.5 Å². The molecular weight excluding hydrogens is 382 g/mol. The second-order valence-corrected chi connectivity index (χ2v) is 9.73. The molecule has 0 radical (unpaired) electrons. The number of aromatic nitrogens is 2. The summed E-state index contributed by atoms with van der Waals surface area (Å²) in [6, 6.07) is 8.26. The number of ether oxygens (including phenoxy) is 1. The normalized spacial score (nSPS) is 14.3. The first-order valence-electron chi connectivity index (χ1n) is 10.1. The quantitative estimate of drug-likeness (QED) is 0.767. The van der Waals surface area contributed by atoms with Crippen molar-refractivity contribution >= 4 is 17.6 Å². The number of nitrogens with zero attached hydrogens (tertiary/aromatic N) is 2. The minimum absolute atomic E-state index is 0.189. The Bertz CT molecular complexity index is 1040. The van der Waals surface area contributed by atoms with Gasteiger partial charge >= 0.3 is 5.97 Å². The van der Waals surface area contributed by atoms with Gasteiger partial charge in [-0.1, -0.05) is 26.8 Å². The van der Waals surface area contributed by atoms with Gasteiger partial charge in [-0.2, -0.15) is 9.78 Å². The molecule has 1 aromatic heterocycles. The number of nitrogens with one attached hydrogen (secondary N) is 1. The molecule has 1 aromatic carbocycles. The summed E-state index contributed by atoms with van der Waals surface area (Å²) in [5.74, 6) is -0.449. The van der Waals surface area contributed by atoms with Crippen LogP contribution in [0.15, 0.2) is 35.1 Å². The molecule has 1 aliphatic carbocycles. The van der Waals surface area contributed by atoms with E-state index >= 15 is 0 Å². The third-order valence-corrected chi connectivity index (χ3v) is 4.58. The lowest BCUT2D eigenvalue weighted by Crippen LogP contribution is -2.33. The van der Waals surface area contributed by atoms with Crippen LogP contribution in [-0.4, -0.2) is 27.3 Å². The van der Waals surface area contributed by atoms with Crippen LogP contribution in [0.1, 0.15) is 76.4 Å². The Hall–Kier alpha value is -2.96. The van der Waals surface area contributed by atoms with E-state index in [9.17, 15) is 14.4 Å². The number of amides is 1. The van der Waals surface area contributed by atoms with E-state index in [1.807, 2.05) is 0 Å². The summed E-state index contributed by atoms with van der Waals surface area (Å²) in [6.45, 7) is 10.7. The van der Waals surface area contributed by atoms with Crippen molar-refractivity contribution in [1.82, 2.24) is 9.78 Å². The number of rotatable bonds is 4. The molecule has 0 saturated heterocycles. The number of esters is 1. The van der Waals surface area contributed by atoms with E-state index in [0.717, 1.165) is 18.5 Å². The number of anilines is 1. The van der Waals surface area contributed by atoms with E-state index in [1.165, 1.54) is 4.68 Å². The maximum absolute atomic E-state index is 13.1. The summed E-state index contributed by atoms with van der Waals surface area (Å²) in [7, 11) is 0. The first-order chi connectivity index (χ1) is 13.8. The molecule has 0 spiro atoms. The van der Waals surface area contributed by atoms with Gasteiger partial charge in [0.15, 0.2) is 0 Å².